The summed E-state index contributed by atoms with van der Waals surface area (Å²) in [5, 5.41) is 21.0. The van der Waals surface area contributed by atoms with E-state index in [1.165, 1.54) is 25.3 Å². The molecule has 1 aromatic carbocycles. The lowest BCUT2D eigenvalue weighted by Crippen LogP contribution is -2.38. The number of nitrogens with one attached hydrogen (secondary N) is 1. The molecule has 0 bridgehead atoms. The first-order valence-electron chi connectivity index (χ1n) is 7.25. The number of benzene rings is 1. The van der Waals surface area contributed by atoms with E-state index < -0.39 is 19.0 Å². The Balaban J connectivity index is 2.90. The van der Waals surface area contributed by atoms with E-state index in [0.717, 1.165) is 6.42 Å². The first kappa shape index (κ1) is 18.9. The number of hydrogen-bond acceptors (Lipinski definition) is 6. The fraction of sp³-hybridized carbons (Fsp3) is 0.400. The molecule has 0 spiro atoms. The molecule has 0 aromatic heterocycles. The maximum Gasteiger partial charge on any atom is 0.489 e. The number of hydrogen-bond donors (Lipinski definition) is 3. The normalized spacial score (nSPS) is 11.5. The third kappa shape index (κ3) is 5.50. The minimum absolute atomic E-state index is 0.0210. The van der Waals surface area contributed by atoms with Crippen LogP contribution in [0.15, 0.2) is 18.2 Å². The van der Waals surface area contributed by atoms with E-state index in [4.69, 9.17) is 10.0 Å². The molecule has 7 nitrogen and oxygen atoms in total. The monoisotopic (exact) mass is 321 g/mol. The fourth-order valence-electron chi connectivity index (χ4n) is 2.18. The zero-order chi connectivity index (χ0) is 17.4. The molecule has 1 amide bonds. The summed E-state index contributed by atoms with van der Waals surface area (Å²) in [6, 6.07) is 3.59. The van der Waals surface area contributed by atoms with Crippen LogP contribution in [0.2, 0.25) is 0 Å². The second kappa shape index (κ2) is 9.07. The number of carbonyl (C=O) groups excluding carboxylic acids is 3. The van der Waals surface area contributed by atoms with E-state index in [1.807, 2.05) is 6.92 Å². The lowest BCUT2D eigenvalue weighted by atomic mass is 9.77. The molecule has 0 radical (unpaired) electrons. The number of esters is 1. The molecule has 0 saturated carbocycles. The van der Waals surface area contributed by atoms with E-state index in [9.17, 15) is 14.4 Å². The van der Waals surface area contributed by atoms with Gasteiger partial charge in [-0.05, 0) is 24.0 Å². The summed E-state index contributed by atoms with van der Waals surface area (Å²) < 4.78 is 4.60. The van der Waals surface area contributed by atoms with Gasteiger partial charge in [-0.1, -0.05) is 19.4 Å². The predicted octanol–water partition coefficient (Wildman–Crippen LogP) is -0.359. The summed E-state index contributed by atoms with van der Waals surface area (Å²) in [5.41, 5.74) is 0.242. The van der Waals surface area contributed by atoms with Gasteiger partial charge in [-0.15, -0.1) is 0 Å². The molecule has 0 heterocycles. The van der Waals surface area contributed by atoms with Crippen LogP contribution in [0.5, 0.6) is 0 Å². The van der Waals surface area contributed by atoms with Gasteiger partial charge in [0.05, 0.1) is 13.5 Å². The standard InChI is InChI=1S/C15H20BNO6/c1-3-4-12(8-14(19)23-2)17-15(20)10-5-6-13(16(21)22)11(7-10)9-18/h5-7,9,12,21-22H,3-4,8H2,1-2H3,(H,17,20). The quantitative estimate of drug-likeness (QED) is 0.342. The van der Waals surface area contributed by atoms with Crippen molar-refractivity contribution in [3.63, 3.8) is 0 Å². The molecular formula is C15H20BNO6. The largest absolute Gasteiger partial charge is 0.489 e. The summed E-state index contributed by atoms with van der Waals surface area (Å²) in [6.07, 6.45) is 1.89. The van der Waals surface area contributed by atoms with Crippen molar-refractivity contribution in [3.05, 3.63) is 29.3 Å². The van der Waals surface area contributed by atoms with Gasteiger partial charge < -0.3 is 20.1 Å². The van der Waals surface area contributed by atoms with E-state index in [2.05, 4.69) is 10.1 Å². The number of aldehydes is 1. The van der Waals surface area contributed by atoms with Crippen LogP contribution in [-0.4, -0.2) is 48.5 Å². The Morgan fingerprint density at radius 1 is 1.39 bits per heavy atom. The van der Waals surface area contributed by atoms with Crippen molar-refractivity contribution in [3.8, 4) is 0 Å². The van der Waals surface area contributed by atoms with Crippen molar-refractivity contribution in [1.29, 1.82) is 0 Å². The predicted molar refractivity (Wildman–Crippen MR) is 84.5 cm³/mol. The number of rotatable bonds is 8. The van der Waals surface area contributed by atoms with Gasteiger partial charge in [0.1, 0.15) is 6.29 Å². The number of carbonyl (C=O) groups is 3. The summed E-state index contributed by atoms with van der Waals surface area (Å²) in [5.74, 6) is -0.870. The molecule has 1 atom stereocenters. The van der Waals surface area contributed by atoms with Crippen molar-refractivity contribution in [2.24, 2.45) is 0 Å². The van der Waals surface area contributed by atoms with E-state index in [0.29, 0.717) is 12.7 Å². The molecule has 0 fully saturated rings. The van der Waals surface area contributed by atoms with Gasteiger partial charge >= 0.3 is 13.1 Å². The first-order chi connectivity index (χ1) is 10.9. The minimum Gasteiger partial charge on any atom is -0.469 e. The molecule has 124 valence electrons. The third-order valence-corrected chi connectivity index (χ3v) is 3.37. The summed E-state index contributed by atoms with van der Waals surface area (Å²) in [7, 11) is -0.512. The maximum absolute atomic E-state index is 12.2. The van der Waals surface area contributed by atoms with E-state index >= 15 is 0 Å². The summed E-state index contributed by atoms with van der Waals surface area (Å²) in [6.45, 7) is 1.93. The van der Waals surface area contributed by atoms with Crippen LogP contribution in [0.1, 0.15) is 46.9 Å². The van der Waals surface area contributed by atoms with Gasteiger partial charge in [0.25, 0.3) is 5.91 Å². The molecule has 0 aliphatic rings. The summed E-state index contributed by atoms with van der Waals surface area (Å²) >= 11 is 0. The molecular weight excluding hydrogens is 301 g/mol. The highest BCUT2D eigenvalue weighted by atomic mass is 16.5. The zero-order valence-electron chi connectivity index (χ0n) is 13.1. The van der Waals surface area contributed by atoms with Crippen LogP contribution in [0.25, 0.3) is 0 Å². The molecule has 8 heteroatoms. The maximum atomic E-state index is 12.2. The van der Waals surface area contributed by atoms with Crippen LogP contribution < -0.4 is 10.8 Å². The van der Waals surface area contributed by atoms with Crippen molar-refractivity contribution < 1.29 is 29.2 Å². The number of amides is 1. The minimum atomic E-state index is -1.79. The smallest absolute Gasteiger partial charge is 0.469 e. The lowest BCUT2D eigenvalue weighted by molar-refractivity contribution is -0.141. The Morgan fingerprint density at radius 3 is 2.61 bits per heavy atom. The molecule has 23 heavy (non-hydrogen) atoms. The average molecular weight is 321 g/mol. The van der Waals surface area contributed by atoms with Gasteiger partial charge in [-0.2, -0.15) is 0 Å². The Kier molecular flexibility index (Phi) is 7.44. The van der Waals surface area contributed by atoms with Gasteiger partial charge in [-0.25, -0.2) is 0 Å². The highest BCUT2D eigenvalue weighted by Crippen LogP contribution is 2.07. The molecule has 0 aliphatic carbocycles. The first-order valence-corrected chi connectivity index (χ1v) is 7.25. The number of methoxy groups -OCH3 is 1. The second-order valence-electron chi connectivity index (χ2n) is 5.07. The molecule has 1 unspecified atom stereocenters. The Morgan fingerprint density at radius 2 is 2.09 bits per heavy atom. The third-order valence-electron chi connectivity index (χ3n) is 3.37. The zero-order valence-corrected chi connectivity index (χ0v) is 13.1. The topological polar surface area (TPSA) is 113 Å². The molecule has 0 saturated heterocycles. The average Bonchev–Trinajstić information content (AvgIpc) is 2.53. The van der Waals surface area contributed by atoms with Crippen LogP contribution in [0.4, 0.5) is 0 Å². The second-order valence-corrected chi connectivity index (χ2v) is 5.07. The molecule has 1 aromatic rings. The van der Waals surface area contributed by atoms with Gasteiger partial charge in [-0.3, -0.25) is 14.4 Å². The van der Waals surface area contributed by atoms with Gasteiger partial charge in [0.2, 0.25) is 0 Å². The van der Waals surface area contributed by atoms with Crippen molar-refractivity contribution in [2.75, 3.05) is 7.11 Å². The molecule has 1 rings (SSSR count). The highest BCUT2D eigenvalue weighted by Gasteiger charge is 2.20. The van der Waals surface area contributed by atoms with Gasteiger partial charge in [0.15, 0.2) is 0 Å². The van der Waals surface area contributed by atoms with Crippen LogP contribution >= 0.6 is 0 Å². The van der Waals surface area contributed by atoms with Crippen LogP contribution in [-0.2, 0) is 9.53 Å². The van der Waals surface area contributed by atoms with Gasteiger partial charge in [0, 0.05) is 17.2 Å². The van der Waals surface area contributed by atoms with Crippen LogP contribution in [0, 0.1) is 0 Å². The van der Waals surface area contributed by atoms with Crippen LogP contribution in [0.3, 0.4) is 0 Å². The molecule has 3 N–H and O–H groups in total. The Bertz CT molecular complexity index is 575. The van der Waals surface area contributed by atoms with E-state index in [-0.39, 0.29) is 29.1 Å². The van der Waals surface area contributed by atoms with Crippen molar-refractivity contribution >= 4 is 30.7 Å². The Hall–Kier alpha value is -2.19. The lowest BCUT2D eigenvalue weighted by Gasteiger charge is -2.17. The summed E-state index contributed by atoms with van der Waals surface area (Å²) in [4.78, 5) is 34.6. The molecule has 0 aliphatic heterocycles. The Labute approximate surface area is 134 Å². The SMILES string of the molecule is CCCC(CC(=O)OC)NC(=O)c1ccc(B(O)O)c(C=O)c1. The van der Waals surface area contributed by atoms with Crippen molar-refractivity contribution in [1.82, 2.24) is 5.32 Å². The van der Waals surface area contributed by atoms with Crippen molar-refractivity contribution in [2.45, 2.75) is 32.2 Å². The highest BCUT2D eigenvalue weighted by molar-refractivity contribution is 6.60. The number of ether oxygens (including phenoxy) is 1. The van der Waals surface area contributed by atoms with E-state index in [1.54, 1.807) is 0 Å². The fourth-order valence-corrected chi connectivity index (χ4v) is 2.18.